The summed E-state index contributed by atoms with van der Waals surface area (Å²) in [6, 6.07) is 16.2. The summed E-state index contributed by atoms with van der Waals surface area (Å²) in [6.07, 6.45) is 4.13. The molecule has 11 heteroatoms. The highest BCUT2D eigenvalue weighted by atomic mass is 35.5. The van der Waals surface area contributed by atoms with Crippen LogP contribution >= 0.6 is 23.2 Å². The molecule has 3 aromatic carbocycles. The lowest BCUT2D eigenvalue weighted by molar-refractivity contribution is -0.120. The summed E-state index contributed by atoms with van der Waals surface area (Å²) in [5, 5.41) is 4.26. The maximum atomic E-state index is 11.7. The second-order valence-electron chi connectivity index (χ2n) is 12.9. The number of ether oxygens (including phenoxy) is 3. The third-order valence-electron chi connectivity index (χ3n) is 9.75. The summed E-state index contributed by atoms with van der Waals surface area (Å²) in [7, 11) is 5.06. The molecule has 9 nitrogen and oxygen atoms in total. The largest absolute Gasteiger partial charge is 0.496 e. The SMILES string of the molecule is COCCN1CCc2c(cc(-c3cccc(-c4cccc(-c5cnc(CN6CC7(CCC(=O)N7)C6)c(OC)n5)c4Cl)c3Cl)cc2OC)C1. The van der Waals surface area contributed by atoms with Crippen LogP contribution in [0.3, 0.4) is 0 Å². The number of fused-ring (bicyclic) bond motifs is 1. The lowest BCUT2D eigenvalue weighted by atomic mass is 9.88. The van der Waals surface area contributed by atoms with Gasteiger partial charge in [0.15, 0.2) is 0 Å². The molecule has 7 rings (SSSR count). The lowest BCUT2D eigenvalue weighted by Crippen LogP contribution is -2.66. The Balaban J connectivity index is 1.16. The molecule has 3 aliphatic heterocycles. The van der Waals surface area contributed by atoms with Crippen molar-refractivity contribution in [1.29, 1.82) is 0 Å². The van der Waals surface area contributed by atoms with Crippen molar-refractivity contribution < 1.29 is 19.0 Å². The van der Waals surface area contributed by atoms with Crippen molar-refractivity contribution >= 4 is 29.1 Å². The van der Waals surface area contributed by atoms with Gasteiger partial charge in [0, 0.05) is 75.1 Å². The van der Waals surface area contributed by atoms with E-state index in [1.807, 2.05) is 36.4 Å². The van der Waals surface area contributed by atoms with Crippen molar-refractivity contribution in [3.63, 3.8) is 0 Å². The Bertz CT molecular complexity index is 1860. The average Bonchev–Trinajstić information content (AvgIpc) is 3.48. The van der Waals surface area contributed by atoms with Gasteiger partial charge in [0.1, 0.15) is 11.4 Å². The van der Waals surface area contributed by atoms with Gasteiger partial charge in [0.05, 0.1) is 48.3 Å². The van der Waals surface area contributed by atoms with E-state index < -0.39 is 0 Å². The van der Waals surface area contributed by atoms with Crippen LogP contribution in [0.5, 0.6) is 11.6 Å². The molecule has 2 saturated heterocycles. The second kappa shape index (κ2) is 13.6. The molecule has 1 N–H and O–H groups in total. The Morgan fingerprint density at radius 1 is 0.917 bits per heavy atom. The first-order valence-corrected chi connectivity index (χ1v) is 17.0. The number of methoxy groups -OCH3 is 3. The average molecular weight is 689 g/mol. The monoisotopic (exact) mass is 687 g/mol. The van der Waals surface area contributed by atoms with Crippen molar-refractivity contribution in [1.82, 2.24) is 25.1 Å². The number of halogens is 2. The number of nitrogens with one attached hydrogen (secondary N) is 1. The summed E-state index contributed by atoms with van der Waals surface area (Å²) in [6.45, 7) is 5.55. The Kier molecular flexibility index (Phi) is 9.32. The van der Waals surface area contributed by atoms with Crippen molar-refractivity contribution in [2.45, 2.75) is 37.9 Å². The highest BCUT2D eigenvalue weighted by Crippen LogP contribution is 2.44. The molecule has 0 aliphatic carbocycles. The van der Waals surface area contributed by atoms with E-state index in [0.29, 0.717) is 41.2 Å². The Morgan fingerprint density at radius 2 is 1.65 bits per heavy atom. The number of hydrogen-bond donors (Lipinski definition) is 1. The molecule has 0 radical (unpaired) electrons. The summed E-state index contributed by atoms with van der Waals surface area (Å²) < 4.78 is 16.9. The Morgan fingerprint density at radius 3 is 2.33 bits per heavy atom. The molecule has 1 aromatic heterocycles. The van der Waals surface area contributed by atoms with Crippen LogP contribution < -0.4 is 14.8 Å². The number of hydrogen-bond acceptors (Lipinski definition) is 8. The van der Waals surface area contributed by atoms with Crippen LogP contribution in [0.1, 0.15) is 29.7 Å². The van der Waals surface area contributed by atoms with E-state index in [-0.39, 0.29) is 11.4 Å². The second-order valence-corrected chi connectivity index (χ2v) is 13.6. The predicted molar refractivity (Wildman–Crippen MR) is 188 cm³/mol. The predicted octanol–water partition coefficient (Wildman–Crippen LogP) is 6.27. The Hall–Kier alpha value is -3.73. The minimum atomic E-state index is -0.0957. The van der Waals surface area contributed by atoms with Crippen LogP contribution in [-0.2, 0) is 29.0 Å². The molecule has 250 valence electrons. The quantitative estimate of drug-likeness (QED) is 0.209. The van der Waals surface area contributed by atoms with Crippen LogP contribution in [0.4, 0.5) is 0 Å². The van der Waals surface area contributed by atoms with E-state index in [0.717, 1.165) is 84.8 Å². The van der Waals surface area contributed by atoms with Crippen molar-refractivity contribution in [2.75, 3.05) is 54.1 Å². The van der Waals surface area contributed by atoms with E-state index >= 15 is 0 Å². The van der Waals surface area contributed by atoms with Crippen molar-refractivity contribution in [3.8, 4) is 45.1 Å². The minimum Gasteiger partial charge on any atom is -0.496 e. The highest BCUT2D eigenvalue weighted by Gasteiger charge is 2.47. The standard InChI is InChI=1S/C37H39Cl2N5O4/c1-46-15-14-43-13-11-25-24(19-43)16-23(17-32(25)47-2)26-6-4-7-27(34(26)38)28-8-5-9-29(35(28)39)30-18-40-31(36(41-30)48-3)20-44-21-37(22-44)12-10-33(45)42-37/h4-9,16-18H,10-15,19-22H2,1-3H3,(H,42,45). The first-order valence-electron chi connectivity index (χ1n) is 16.2. The summed E-state index contributed by atoms with van der Waals surface area (Å²) in [5.41, 5.74) is 7.99. The van der Waals surface area contributed by atoms with Gasteiger partial charge in [-0.1, -0.05) is 59.6 Å². The van der Waals surface area contributed by atoms with E-state index in [9.17, 15) is 4.79 Å². The molecule has 0 unspecified atom stereocenters. The topological polar surface area (TPSA) is 89.1 Å². The number of benzene rings is 3. The molecular formula is C37H39Cl2N5O4. The molecule has 1 spiro atoms. The minimum absolute atomic E-state index is 0.0957. The van der Waals surface area contributed by atoms with E-state index in [4.69, 9.17) is 47.4 Å². The fourth-order valence-electron chi connectivity index (χ4n) is 7.31. The molecule has 48 heavy (non-hydrogen) atoms. The number of amides is 1. The van der Waals surface area contributed by atoms with Crippen LogP contribution in [-0.4, -0.2) is 85.3 Å². The van der Waals surface area contributed by atoms with Gasteiger partial charge in [-0.15, -0.1) is 0 Å². The summed E-state index contributed by atoms with van der Waals surface area (Å²) >= 11 is 14.3. The van der Waals surface area contributed by atoms with Crippen molar-refractivity contribution in [2.24, 2.45) is 0 Å². The van der Waals surface area contributed by atoms with Crippen molar-refractivity contribution in [3.05, 3.63) is 81.6 Å². The molecule has 0 bridgehead atoms. The Labute approximate surface area is 291 Å². The van der Waals surface area contributed by atoms with Crippen LogP contribution in [0.15, 0.2) is 54.7 Å². The molecule has 0 saturated carbocycles. The molecule has 1 amide bonds. The molecule has 2 fully saturated rings. The molecule has 4 aromatic rings. The smallest absolute Gasteiger partial charge is 0.237 e. The zero-order valence-electron chi connectivity index (χ0n) is 27.4. The van der Waals surface area contributed by atoms with Gasteiger partial charge in [0.25, 0.3) is 0 Å². The number of likely N-dealkylation sites (tertiary alicyclic amines) is 1. The maximum Gasteiger partial charge on any atom is 0.237 e. The van der Waals surface area contributed by atoms with E-state index in [1.54, 1.807) is 27.5 Å². The first kappa shape index (κ1) is 32.8. The molecule has 4 heterocycles. The third kappa shape index (κ3) is 6.26. The maximum absolute atomic E-state index is 11.7. The van der Waals surface area contributed by atoms with Crippen LogP contribution in [0.25, 0.3) is 33.5 Å². The van der Waals surface area contributed by atoms with Gasteiger partial charge in [-0.25, -0.2) is 4.98 Å². The van der Waals surface area contributed by atoms with Gasteiger partial charge in [0.2, 0.25) is 11.8 Å². The number of aromatic nitrogens is 2. The molecule has 0 atom stereocenters. The fourth-order valence-corrected chi connectivity index (χ4v) is 7.97. The zero-order chi connectivity index (χ0) is 33.4. The summed E-state index contributed by atoms with van der Waals surface area (Å²) in [5.74, 6) is 1.46. The van der Waals surface area contributed by atoms with Gasteiger partial charge in [-0.2, -0.15) is 0 Å². The van der Waals surface area contributed by atoms with Gasteiger partial charge >= 0.3 is 0 Å². The van der Waals surface area contributed by atoms with E-state index in [1.165, 1.54) is 11.1 Å². The van der Waals surface area contributed by atoms with Crippen LogP contribution in [0, 0.1) is 0 Å². The highest BCUT2D eigenvalue weighted by molar-refractivity contribution is 6.39. The van der Waals surface area contributed by atoms with Crippen LogP contribution in [0.2, 0.25) is 10.0 Å². The van der Waals surface area contributed by atoms with Gasteiger partial charge in [-0.3, -0.25) is 19.6 Å². The third-order valence-corrected chi connectivity index (χ3v) is 10.6. The lowest BCUT2D eigenvalue weighted by Gasteiger charge is -2.47. The number of rotatable bonds is 10. The van der Waals surface area contributed by atoms with Gasteiger partial charge < -0.3 is 19.5 Å². The molecule has 3 aliphatic rings. The number of nitrogens with zero attached hydrogens (tertiary/aromatic N) is 4. The fraction of sp³-hybridized carbons (Fsp3) is 0.378. The number of carbonyl (C=O) groups excluding carboxylic acids is 1. The normalized spacial score (nSPS) is 17.2. The zero-order valence-corrected chi connectivity index (χ0v) is 29.0. The summed E-state index contributed by atoms with van der Waals surface area (Å²) in [4.78, 5) is 25.9. The van der Waals surface area contributed by atoms with Gasteiger partial charge in [-0.05, 0) is 41.7 Å². The first-order chi connectivity index (χ1) is 23.3. The molecular weight excluding hydrogens is 649 g/mol. The number of carbonyl (C=O) groups is 1. The van der Waals surface area contributed by atoms with E-state index in [2.05, 4.69) is 27.2 Å².